The van der Waals surface area contributed by atoms with Gasteiger partial charge in [0.25, 0.3) is 11.8 Å². The molecule has 0 spiro atoms. The van der Waals surface area contributed by atoms with Gasteiger partial charge in [0.05, 0.1) is 6.61 Å². The minimum atomic E-state index is -0.826. The van der Waals surface area contributed by atoms with Crippen LogP contribution in [0.5, 0.6) is 0 Å². The number of carbonyl (C=O) groups is 3. The second-order valence-corrected chi connectivity index (χ2v) is 2.18. The second kappa shape index (κ2) is 3.70. The Labute approximate surface area is 74.1 Å². The molecule has 1 N–H and O–H groups in total. The van der Waals surface area contributed by atoms with Crippen molar-refractivity contribution in [3.8, 4) is 0 Å². The van der Waals surface area contributed by atoms with Crippen LogP contribution in [-0.4, -0.2) is 29.5 Å². The predicted octanol–water partition coefficient (Wildman–Crippen LogP) is -0.428. The molecule has 1 aliphatic rings. The molecule has 0 atom stereocenters. The molecule has 0 aromatic rings. The Hall–Kier alpha value is -1.85. The minimum absolute atomic E-state index is 0.176. The Morgan fingerprint density at radius 3 is 2.46 bits per heavy atom. The monoisotopic (exact) mass is 184 g/mol. The van der Waals surface area contributed by atoms with Crippen molar-refractivity contribution in [1.82, 2.24) is 10.4 Å². The first-order valence-electron chi connectivity index (χ1n) is 3.64. The minimum Gasteiger partial charge on any atom is -0.449 e. The van der Waals surface area contributed by atoms with E-state index in [-0.39, 0.29) is 6.61 Å². The van der Waals surface area contributed by atoms with E-state index in [0.29, 0.717) is 5.01 Å². The van der Waals surface area contributed by atoms with E-state index in [2.05, 4.69) is 4.74 Å². The topological polar surface area (TPSA) is 75.7 Å². The molecule has 0 bridgehead atoms. The van der Waals surface area contributed by atoms with Crippen LogP contribution in [0, 0.1) is 0 Å². The van der Waals surface area contributed by atoms with E-state index in [1.165, 1.54) is 0 Å². The van der Waals surface area contributed by atoms with E-state index in [4.69, 9.17) is 0 Å². The van der Waals surface area contributed by atoms with Gasteiger partial charge in [-0.25, -0.2) is 10.2 Å². The molecule has 0 saturated heterocycles. The lowest BCUT2D eigenvalue weighted by molar-refractivity contribution is -0.139. The SMILES string of the molecule is CCOC(=O)NN1C(=O)C=CC1=O. The van der Waals surface area contributed by atoms with Gasteiger partial charge in [-0.15, -0.1) is 0 Å². The molecule has 0 aromatic carbocycles. The average molecular weight is 184 g/mol. The number of hydrazine groups is 1. The maximum Gasteiger partial charge on any atom is 0.426 e. The molecule has 0 saturated carbocycles. The van der Waals surface area contributed by atoms with Gasteiger partial charge < -0.3 is 4.74 Å². The second-order valence-electron chi connectivity index (χ2n) is 2.18. The third kappa shape index (κ3) is 2.05. The molecule has 6 heteroatoms. The highest BCUT2D eigenvalue weighted by Crippen LogP contribution is 1.99. The third-order valence-corrected chi connectivity index (χ3v) is 1.29. The van der Waals surface area contributed by atoms with Gasteiger partial charge >= 0.3 is 6.09 Å². The van der Waals surface area contributed by atoms with Crippen molar-refractivity contribution in [2.75, 3.05) is 6.61 Å². The van der Waals surface area contributed by atoms with Crippen LogP contribution in [0.1, 0.15) is 6.92 Å². The van der Waals surface area contributed by atoms with Crippen LogP contribution in [0.4, 0.5) is 4.79 Å². The molecule has 0 radical (unpaired) electrons. The van der Waals surface area contributed by atoms with Crippen molar-refractivity contribution in [2.24, 2.45) is 0 Å². The molecule has 1 heterocycles. The number of amides is 3. The summed E-state index contributed by atoms with van der Waals surface area (Å²) in [5.41, 5.74) is 1.99. The first kappa shape index (κ1) is 9.24. The molecule has 3 amide bonds. The Balaban J connectivity index is 2.50. The first-order valence-corrected chi connectivity index (χ1v) is 3.64. The largest absolute Gasteiger partial charge is 0.449 e. The van der Waals surface area contributed by atoms with Gasteiger partial charge in [0.15, 0.2) is 0 Å². The van der Waals surface area contributed by atoms with Crippen molar-refractivity contribution in [3.05, 3.63) is 12.2 Å². The van der Waals surface area contributed by atoms with Gasteiger partial charge in [0.2, 0.25) is 0 Å². The van der Waals surface area contributed by atoms with Gasteiger partial charge in [-0.05, 0) is 6.92 Å². The smallest absolute Gasteiger partial charge is 0.426 e. The summed E-state index contributed by atoms with van der Waals surface area (Å²) in [6, 6.07) is 0. The van der Waals surface area contributed by atoms with Crippen LogP contribution in [0.25, 0.3) is 0 Å². The summed E-state index contributed by atoms with van der Waals surface area (Å²) in [5.74, 6) is -1.17. The van der Waals surface area contributed by atoms with Crippen molar-refractivity contribution < 1.29 is 19.1 Å². The van der Waals surface area contributed by atoms with Crippen LogP contribution < -0.4 is 5.43 Å². The zero-order chi connectivity index (χ0) is 9.84. The van der Waals surface area contributed by atoms with E-state index in [9.17, 15) is 14.4 Å². The quantitative estimate of drug-likeness (QED) is 0.591. The summed E-state index contributed by atoms with van der Waals surface area (Å²) >= 11 is 0. The highest BCUT2D eigenvalue weighted by atomic mass is 16.6. The highest BCUT2D eigenvalue weighted by molar-refractivity contribution is 6.13. The lowest BCUT2D eigenvalue weighted by Gasteiger charge is -2.13. The Bertz CT molecular complexity index is 266. The molecule has 1 aliphatic heterocycles. The highest BCUT2D eigenvalue weighted by Gasteiger charge is 2.25. The summed E-state index contributed by atoms with van der Waals surface area (Å²) in [7, 11) is 0. The average Bonchev–Trinajstić information content (AvgIpc) is 2.36. The number of rotatable bonds is 2. The fourth-order valence-corrected chi connectivity index (χ4v) is 0.765. The lowest BCUT2D eigenvalue weighted by atomic mass is 10.6. The van der Waals surface area contributed by atoms with E-state index < -0.39 is 17.9 Å². The Kier molecular flexibility index (Phi) is 2.63. The van der Waals surface area contributed by atoms with Crippen LogP contribution in [0.2, 0.25) is 0 Å². The molecule has 0 unspecified atom stereocenters. The van der Waals surface area contributed by atoms with Gasteiger partial charge in [-0.1, -0.05) is 0 Å². The van der Waals surface area contributed by atoms with Crippen LogP contribution >= 0.6 is 0 Å². The van der Waals surface area contributed by atoms with E-state index in [0.717, 1.165) is 12.2 Å². The molecule has 1 rings (SSSR count). The van der Waals surface area contributed by atoms with Crippen molar-refractivity contribution in [1.29, 1.82) is 0 Å². The van der Waals surface area contributed by atoms with E-state index in [1.54, 1.807) is 6.92 Å². The Morgan fingerprint density at radius 2 is 2.00 bits per heavy atom. The number of carbonyl (C=O) groups excluding carboxylic acids is 3. The molecule has 0 aliphatic carbocycles. The summed E-state index contributed by atoms with van der Waals surface area (Å²) in [6.45, 7) is 1.79. The molecule has 70 valence electrons. The first-order chi connectivity index (χ1) is 6.15. The van der Waals surface area contributed by atoms with Crippen LogP contribution in [-0.2, 0) is 14.3 Å². The summed E-state index contributed by atoms with van der Waals surface area (Å²) in [5, 5.41) is 0.581. The van der Waals surface area contributed by atoms with Crippen LogP contribution in [0.3, 0.4) is 0 Å². The van der Waals surface area contributed by atoms with Crippen LogP contribution in [0.15, 0.2) is 12.2 Å². The van der Waals surface area contributed by atoms with Gasteiger partial charge in [-0.2, -0.15) is 5.01 Å². The molecule has 6 nitrogen and oxygen atoms in total. The summed E-state index contributed by atoms with van der Waals surface area (Å²) in [6.07, 6.45) is 1.30. The summed E-state index contributed by atoms with van der Waals surface area (Å²) < 4.78 is 4.48. The number of hydrogen-bond acceptors (Lipinski definition) is 4. The fourth-order valence-electron chi connectivity index (χ4n) is 0.765. The molecular formula is C7H8N2O4. The third-order valence-electron chi connectivity index (χ3n) is 1.29. The van der Waals surface area contributed by atoms with Crippen molar-refractivity contribution >= 4 is 17.9 Å². The van der Waals surface area contributed by atoms with E-state index >= 15 is 0 Å². The summed E-state index contributed by atoms with van der Waals surface area (Å²) in [4.78, 5) is 32.5. The lowest BCUT2D eigenvalue weighted by Crippen LogP contribution is -2.46. The van der Waals surface area contributed by atoms with Gasteiger partial charge in [0, 0.05) is 12.2 Å². The number of ether oxygens (including phenoxy) is 1. The molecule has 0 fully saturated rings. The molecule has 13 heavy (non-hydrogen) atoms. The fraction of sp³-hybridized carbons (Fsp3) is 0.286. The van der Waals surface area contributed by atoms with Gasteiger partial charge in [-0.3, -0.25) is 9.59 Å². The Morgan fingerprint density at radius 1 is 1.46 bits per heavy atom. The zero-order valence-corrected chi connectivity index (χ0v) is 6.94. The van der Waals surface area contributed by atoms with Crippen molar-refractivity contribution in [2.45, 2.75) is 6.92 Å². The van der Waals surface area contributed by atoms with Crippen molar-refractivity contribution in [3.63, 3.8) is 0 Å². The number of nitrogens with zero attached hydrogens (tertiary/aromatic N) is 1. The maximum absolute atomic E-state index is 10.9. The molecule has 0 aromatic heterocycles. The maximum atomic E-state index is 10.9. The predicted molar refractivity (Wildman–Crippen MR) is 41.2 cm³/mol. The standard InChI is InChI=1S/C7H8N2O4/c1-2-13-7(12)8-9-5(10)3-4-6(9)11/h3-4H,2H2,1H3,(H,8,12). The van der Waals surface area contributed by atoms with Gasteiger partial charge in [0.1, 0.15) is 0 Å². The molecular weight excluding hydrogens is 176 g/mol. The number of hydrogen-bond donors (Lipinski definition) is 1. The van der Waals surface area contributed by atoms with E-state index in [1.807, 2.05) is 5.43 Å². The normalized spacial score (nSPS) is 15.0. The number of imide groups is 1. The zero-order valence-electron chi connectivity index (χ0n) is 6.94. The number of nitrogens with one attached hydrogen (secondary N) is 1.